The fraction of sp³-hybridized carbons (Fsp3) is 0.267. The number of aryl methyl sites for hydroxylation is 1. The standard InChI is InChI=1S/C30H29F2N7O4/c1-37-17-25(35-29(41)24-15-34-39-13-3-11-33-28(24)39)27(36-37)23-14-22(9-10-26(23)43-30(31)32)42-21-7-5-19(6-8-21)16-38-12-2-4-20(38)18-40/h3,5-11,13-15,17,20,30,40H,2,4,12,16,18H2,1H3,(H,35,41)/t20-/m0/s1. The number of likely N-dealkylation sites (tertiary alicyclic amines) is 1. The summed E-state index contributed by atoms with van der Waals surface area (Å²) in [5, 5.41) is 21.0. The van der Waals surface area contributed by atoms with E-state index in [1.807, 2.05) is 24.3 Å². The van der Waals surface area contributed by atoms with Crippen LogP contribution in [0, 0.1) is 0 Å². The van der Waals surface area contributed by atoms with Gasteiger partial charge in [-0.1, -0.05) is 12.1 Å². The molecule has 0 aliphatic carbocycles. The third-order valence-electron chi connectivity index (χ3n) is 7.28. The summed E-state index contributed by atoms with van der Waals surface area (Å²) in [7, 11) is 1.65. The normalized spacial score (nSPS) is 15.3. The molecule has 1 atom stereocenters. The first-order valence-electron chi connectivity index (χ1n) is 13.7. The van der Waals surface area contributed by atoms with E-state index < -0.39 is 12.5 Å². The minimum Gasteiger partial charge on any atom is -0.457 e. The SMILES string of the molecule is Cn1cc(NC(=O)c2cnn3cccnc23)c(-c2cc(Oc3ccc(CN4CCC[C@H]4CO)cc3)ccc2OC(F)F)n1. The predicted octanol–water partition coefficient (Wildman–Crippen LogP) is 4.73. The Hall–Kier alpha value is -4.88. The number of aromatic nitrogens is 5. The second-order valence-electron chi connectivity index (χ2n) is 10.2. The van der Waals surface area contributed by atoms with Crippen LogP contribution in [0.1, 0.15) is 28.8 Å². The molecule has 2 N–H and O–H groups in total. The molecule has 4 heterocycles. The van der Waals surface area contributed by atoms with Crippen molar-refractivity contribution in [3.05, 3.63) is 84.4 Å². The largest absolute Gasteiger partial charge is 0.457 e. The van der Waals surface area contributed by atoms with E-state index in [-0.39, 0.29) is 40.9 Å². The summed E-state index contributed by atoms with van der Waals surface area (Å²) < 4.78 is 40.5. The highest BCUT2D eigenvalue weighted by atomic mass is 19.3. The summed E-state index contributed by atoms with van der Waals surface area (Å²) in [5.41, 5.74) is 2.36. The second-order valence-corrected chi connectivity index (χ2v) is 10.2. The minimum absolute atomic E-state index is 0.131. The number of anilines is 1. The monoisotopic (exact) mass is 589 g/mol. The number of carbonyl (C=O) groups is 1. The molecule has 0 unspecified atom stereocenters. The molecule has 0 bridgehead atoms. The van der Waals surface area contributed by atoms with Gasteiger partial charge in [0.05, 0.1) is 24.1 Å². The van der Waals surface area contributed by atoms with E-state index in [4.69, 9.17) is 9.47 Å². The molecule has 222 valence electrons. The van der Waals surface area contributed by atoms with Gasteiger partial charge in [0.1, 0.15) is 28.5 Å². The van der Waals surface area contributed by atoms with E-state index in [2.05, 4.69) is 25.4 Å². The third-order valence-corrected chi connectivity index (χ3v) is 7.28. The maximum Gasteiger partial charge on any atom is 0.387 e. The van der Waals surface area contributed by atoms with Crippen molar-refractivity contribution in [3.63, 3.8) is 0 Å². The first-order chi connectivity index (χ1) is 20.9. The van der Waals surface area contributed by atoms with Gasteiger partial charge in [0.15, 0.2) is 5.65 Å². The molecule has 1 saturated heterocycles. The summed E-state index contributed by atoms with van der Waals surface area (Å²) in [6.45, 7) is -1.25. The summed E-state index contributed by atoms with van der Waals surface area (Å²) in [6.07, 6.45) is 8.24. The van der Waals surface area contributed by atoms with Crippen LogP contribution in [0.25, 0.3) is 16.9 Å². The molecular weight excluding hydrogens is 560 g/mol. The molecule has 3 aromatic heterocycles. The van der Waals surface area contributed by atoms with Gasteiger partial charge in [-0.25, -0.2) is 9.50 Å². The number of hydrogen-bond donors (Lipinski definition) is 2. The molecule has 1 aliphatic rings. The highest BCUT2D eigenvalue weighted by molar-refractivity contribution is 6.09. The number of rotatable bonds is 10. The number of alkyl halides is 2. The van der Waals surface area contributed by atoms with E-state index in [9.17, 15) is 18.7 Å². The Balaban J connectivity index is 1.26. The van der Waals surface area contributed by atoms with Gasteiger partial charge in [-0.3, -0.25) is 14.4 Å². The van der Waals surface area contributed by atoms with Crippen LogP contribution in [0.2, 0.25) is 0 Å². The van der Waals surface area contributed by atoms with Crippen LogP contribution in [-0.2, 0) is 13.6 Å². The lowest BCUT2D eigenvalue weighted by atomic mass is 10.1. The third kappa shape index (κ3) is 6.17. The predicted molar refractivity (Wildman–Crippen MR) is 153 cm³/mol. The smallest absolute Gasteiger partial charge is 0.387 e. The van der Waals surface area contributed by atoms with Crippen molar-refractivity contribution in [1.82, 2.24) is 29.3 Å². The molecule has 11 nitrogen and oxygen atoms in total. The van der Waals surface area contributed by atoms with Crippen molar-refractivity contribution < 1.29 is 28.2 Å². The topological polar surface area (TPSA) is 119 Å². The van der Waals surface area contributed by atoms with Crippen LogP contribution in [-0.4, -0.2) is 66.1 Å². The fourth-order valence-electron chi connectivity index (χ4n) is 5.26. The highest BCUT2D eigenvalue weighted by Crippen LogP contribution is 2.39. The van der Waals surface area contributed by atoms with Crippen LogP contribution in [0.4, 0.5) is 14.5 Å². The van der Waals surface area contributed by atoms with E-state index in [1.54, 1.807) is 31.7 Å². The summed E-state index contributed by atoms with van der Waals surface area (Å²) in [5.74, 6) is 0.283. The Labute approximate surface area is 245 Å². The Morgan fingerprint density at radius 1 is 1.19 bits per heavy atom. The van der Waals surface area contributed by atoms with Crippen LogP contribution in [0.5, 0.6) is 17.2 Å². The van der Waals surface area contributed by atoms with Gasteiger partial charge in [-0.15, -0.1) is 0 Å². The summed E-state index contributed by atoms with van der Waals surface area (Å²) in [6, 6.07) is 13.9. The van der Waals surface area contributed by atoms with E-state index in [1.165, 1.54) is 33.6 Å². The first-order valence-corrected chi connectivity index (χ1v) is 13.7. The lowest BCUT2D eigenvalue weighted by Crippen LogP contribution is -2.31. The molecule has 5 aromatic rings. The average molecular weight is 590 g/mol. The zero-order valence-electron chi connectivity index (χ0n) is 23.2. The lowest BCUT2D eigenvalue weighted by molar-refractivity contribution is -0.0494. The van der Waals surface area contributed by atoms with Crippen LogP contribution < -0.4 is 14.8 Å². The molecule has 1 amide bonds. The van der Waals surface area contributed by atoms with Gasteiger partial charge in [0.25, 0.3) is 5.91 Å². The van der Waals surface area contributed by atoms with Crippen LogP contribution >= 0.6 is 0 Å². The zero-order valence-corrected chi connectivity index (χ0v) is 23.2. The van der Waals surface area contributed by atoms with Crippen molar-refractivity contribution >= 4 is 17.2 Å². The Bertz CT molecular complexity index is 1740. The lowest BCUT2D eigenvalue weighted by Gasteiger charge is -2.22. The van der Waals surface area contributed by atoms with Gasteiger partial charge in [0.2, 0.25) is 0 Å². The number of nitrogens with one attached hydrogen (secondary N) is 1. The van der Waals surface area contributed by atoms with Gasteiger partial charge in [-0.2, -0.15) is 19.0 Å². The Kier molecular flexibility index (Phi) is 7.99. The molecule has 13 heteroatoms. The molecule has 2 aromatic carbocycles. The molecule has 1 aliphatic heterocycles. The number of carbonyl (C=O) groups excluding carboxylic acids is 1. The Morgan fingerprint density at radius 2 is 2.00 bits per heavy atom. The van der Waals surface area contributed by atoms with Gasteiger partial charge < -0.3 is 19.9 Å². The maximum absolute atomic E-state index is 13.4. The van der Waals surface area contributed by atoms with Crippen molar-refractivity contribution in [2.75, 3.05) is 18.5 Å². The average Bonchev–Trinajstić information content (AvgIpc) is 3.73. The maximum atomic E-state index is 13.4. The van der Waals surface area contributed by atoms with Crippen molar-refractivity contribution in [3.8, 4) is 28.5 Å². The molecule has 0 spiro atoms. The van der Waals surface area contributed by atoms with Gasteiger partial charge >= 0.3 is 6.61 Å². The van der Waals surface area contributed by atoms with E-state index in [0.717, 1.165) is 31.5 Å². The number of aliphatic hydroxyl groups excluding tert-OH is 1. The molecule has 0 saturated carbocycles. The van der Waals surface area contributed by atoms with Crippen LogP contribution in [0.15, 0.2) is 73.3 Å². The minimum atomic E-state index is -3.08. The van der Waals surface area contributed by atoms with Gasteiger partial charge in [0, 0.05) is 38.2 Å². The number of halogens is 2. The number of nitrogens with zero attached hydrogens (tertiary/aromatic N) is 6. The quantitative estimate of drug-likeness (QED) is 0.240. The van der Waals surface area contributed by atoms with Crippen LogP contribution in [0.3, 0.4) is 0 Å². The van der Waals surface area contributed by atoms with E-state index >= 15 is 0 Å². The van der Waals surface area contributed by atoms with E-state index in [0.29, 0.717) is 17.1 Å². The van der Waals surface area contributed by atoms with Gasteiger partial charge in [-0.05, 0) is 61.3 Å². The number of fused-ring (bicyclic) bond motifs is 1. The number of hydrogen-bond acceptors (Lipinski definition) is 8. The molecular formula is C30H29F2N7O4. The van der Waals surface area contributed by atoms with Crippen molar-refractivity contribution in [2.24, 2.45) is 7.05 Å². The number of amides is 1. The summed E-state index contributed by atoms with van der Waals surface area (Å²) in [4.78, 5) is 19.7. The number of aliphatic hydroxyl groups is 1. The number of ether oxygens (including phenoxy) is 2. The number of benzene rings is 2. The fourth-order valence-corrected chi connectivity index (χ4v) is 5.26. The molecule has 6 rings (SSSR count). The second kappa shape index (κ2) is 12.2. The highest BCUT2D eigenvalue weighted by Gasteiger charge is 2.24. The van der Waals surface area contributed by atoms with Crippen molar-refractivity contribution in [2.45, 2.75) is 32.0 Å². The molecule has 43 heavy (non-hydrogen) atoms. The molecule has 1 fully saturated rings. The zero-order chi connectivity index (χ0) is 29.9. The Morgan fingerprint density at radius 3 is 2.79 bits per heavy atom. The molecule has 0 radical (unpaired) electrons. The first kappa shape index (κ1) is 28.2. The van der Waals surface area contributed by atoms with Crippen molar-refractivity contribution in [1.29, 1.82) is 0 Å². The summed E-state index contributed by atoms with van der Waals surface area (Å²) >= 11 is 0.